The van der Waals surface area contributed by atoms with Gasteiger partial charge in [0.1, 0.15) is 0 Å². The number of carbonyl (C=O) groups excluding carboxylic acids is 3. The molecule has 27 heavy (non-hydrogen) atoms. The van der Waals surface area contributed by atoms with Gasteiger partial charge in [-0.1, -0.05) is 25.4 Å². The summed E-state index contributed by atoms with van der Waals surface area (Å²) in [6.45, 7) is 5.42. The molecule has 2 aromatic rings. The summed E-state index contributed by atoms with van der Waals surface area (Å²) >= 11 is 5.98. The lowest BCUT2D eigenvalue weighted by molar-refractivity contribution is -0.133. The van der Waals surface area contributed by atoms with Gasteiger partial charge in [-0.05, 0) is 30.2 Å². The summed E-state index contributed by atoms with van der Waals surface area (Å²) in [5.74, 6) is -0.620. The minimum absolute atomic E-state index is 0.00463. The van der Waals surface area contributed by atoms with E-state index in [0.29, 0.717) is 17.9 Å². The molecule has 0 aliphatic rings. The first kappa shape index (κ1) is 24.5. The molecule has 150 valence electrons. The minimum Gasteiger partial charge on any atom is -0.368 e. The molecule has 0 aliphatic heterocycles. The van der Waals surface area contributed by atoms with Crippen molar-refractivity contribution >= 4 is 40.2 Å². The number of likely N-dealkylation sites (N-methyl/N-ethyl adjacent to an activating group) is 1. The van der Waals surface area contributed by atoms with Crippen molar-refractivity contribution in [2.75, 3.05) is 20.6 Å². The predicted molar refractivity (Wildman–Crippen MR) is 110 cm³/mol. The Hall–Kier alpha value is -2.54. The average Bonchev–Trinajstić information content (AvgIpc) is 3.03. The smallest absolute Gasteiger partial charge is 0.237 e. The topological polar surface area (TPSA) is 108 Å². The molecule has 3 amide bonds. The van der Waals surface area contributed by atoms with Crippen molar-refractivity contribution in [3.05, 3.63) is 35.0 Å². The quantitative estimate of drug-likeness (QED) is 0.722. The number of H-pyrrole nitrogens is 1. The molecule has 4 N–H and O–H groups in total. The highest BCUT2D eigenvalue weighted by Crippen LogP contribution is 2.23. The van der Waals surface area contributed by atoms with Crippen molar-refractivity contribution in [3.8, 4) is 0 Å². The normalized spacial score (nSPS) is 9.41. The van der Waals surface area contributed by atoms with Crippen LogP contribution < -0.4 is 11.1 Å². The summed E-state index contributed by atoms with van der Waals surface area (Å²) in [5.41, 5.74) is 7.08. The summed E-state index contributed by atoms with van der Waals surface area (Å²) in [7, 11) is 3.17. The molecule has 8 heteroatoms. The molecule has 0 saturated carbocycles. The van der Waals surface area contributed by atoms with Crippen LogP contribution in [-0.2, 0) is 20.8 Å². The summed E-state index contributed by atoms with van der Waals surface area (Å²) in [6, 6.07) is 5.60. The fraction of sp³-hybridized carbons (Fsp3) is 0.421. The highest BCUT2D eigenvalue weighted by Gasteiger charge is 2.12. The third-order valence-corrected chi connectivity index (χ3v) is 3.74. The maximum Gasteiger partial charge on any atom is 0.237 e. The molecule has 0 atom stereocenters. The summed E-state index contributed by atoms with van der Waals surface area (Å²) in [5, 5.41) is 4.07. The molecule has 0 aliphatic carbocycles. The molecule has 0 fully saturated rings. The van der Waals surface area contributed by atoms with Crippen LogP contribution in [0.4, 0.5) is 0 Å². The minimum atomic E-state index is -0.514. The molecule has 1 heterocycles. The summed E-state index contributed by atoms with van der Waals surface area (Å²) in [4.78, 5) is 36.8. The second-order valence-corrected chi connectivity index (χ2v) is 5.96. The van der Waals surface area contributed by atoms with Crippen LogP contribution in [0.25, 0.3) is 10.9 Å². The van der Waals surface area contributed by atoms with Crippen LogP contribution in [0.5, 0.6) is 0 Å². The predicted octanol–water partition coefficient (Wildman–Crippen LogP) is 2.48. The molecule has 2 rings (SSSR count). The van der Waals surface area contributed by atoms with E-state index in [1.807, 2.05) is 38.2 Å². The molecule has 1 aromatic heterocycles. The first-order valence-electron chi connectivity index (χ1n) is 8.70. The van der Waals surface area contributed by atoms with Crippen LogP contribution >= 0.6 is 11.6 Å². The third kappa shape index (κ3) is 9.10. The average molecular weight is 397 g/mol. The van der Waals surface area contributed by atoms with E-state index in [0.717, 1.165) is 16.5 Å². The van der Waals surface area contributed by atoms with Crippen molar-refractivity contribution < 1.29 is 14.4 Å². The summed E-state index contributed by atoms with van der Waals surface area (Å²) < 4.78 is 0. The van der Waals surface area contributed by atoms with Gasteiger partial charge in [0, 0.05) is 49.6 Å². The van der Waals surface area contributed by atoms with Crippen molar-refractivity contribution in [2.24, 2.45) is 5.73 Å². The lowest BCUT2D eigenvalue weighted by Gasteiger charge is -2.14. The molecule has 0 spiro atoms. The number of fused-ring (bicyclic) bond motifs is 1. The molecular formula is C19H29ClN4O3. The first-order valence-corrected chi connectivity index (χ1v) is 9.08. The van der Waals surface area contributed by atoms with Gasteiger partial charge in [0.05, 0.1) is 6.54 Å². The Kier molecular flexibility index (Phi) is 11.6. The van der Waals surface area contributed by atoms with Gasteiger partial charge in [0.2, 0.25) is 17.7 Å². The Balaban J connectivity index is 0.000000838. The zero-order chi connectivity index (χ0) is 21.0. The number of benzene rings is 1. The van der Waals surface area contributed by atoms with E-state index < -0.39 is 5.91 Å². The van der Waals surface area contributed by atoms with Crippen LogP contribution in [0.2, 0.25) is 5.02 Å². The Morgan fingerprint density at radius 2 is 1.85 bits per heavy atom. The largest absolute Gasteiger partial charge is 0.368 e. The number of nitrogens with zero attached hydrogens (tertiary/aromatic N) is 1. The van der Waals surface area contributed by atoms with Crippen LogP contribution in [0.1, 0.15) is 32.8 Å². The van der Waals surface area contributed by atoms with Gasteiger partial charge in [-0.15, -0.1) is 0 Å². The Labute approximate surface area is 165 Å². The van der Waals surface area contributed by atoms with Gasteiger partial charge < -0.3 is 20.9 Å². The van der Waals surface area contributed by atoms with E-state index >= 15 is 0 Å². The number of amides is 3. The van der Waals surface area contributed by atoms with Crippen molar-refractivity contribution in [1.29, 1.82) is 0 Å². The number of rotatable bonds is 5. The molecule has 0 bridgehead atoms. The fourth-order valence-electron chi connectivity index (χ4n) is 2.11. The van der Waals surface area contributed by atoms with Crippen LogP contribution in [0.15, 0.2) is 24.4 Å². The maximum atomic E-state index is 11.9. The number of primary amides is 1. The van der Waals surface area contributed by atoms with E-state index in [1.165, 1.54) is 11.8 Å². The number of aromatic nitrogens is 1. The second-order valence-electron chi connectivity index (χ2n) is 5.53. The highest BCUT2D eigenvalue weighted by atomic mass is 35.5. The highest BCUT2D eigenvalue weighted by molar-refractivity contribution is 6.31. The fourth-order valence-corrected chi connectivity index (χ4v) is 2.28. The number of aryl methyl sites for hydroxylation is 1. The first-order chi connectivity index (χ1) is 12.7. The van der Waals surface area contributed by atoms with Gasteiger partial charge in [-0.25, -0.2) is 0 Å². The van der Waals surface area contributed by atoms with Gasteiger partial charge in [0.25, 0.3) is 0 Å². The van der Waals surface area contributed by atoms with Crippen LogP contribution in [0.3, 0.4) is 0 Å². The summed E-state index contributed by atoms with van der Waals surface area (Å²) in [6.07, 6.45) is 2.79. The number of hydrogen-bond donors (Lipinski definition) is 3. The van der Waals surface area contributed by atoms with Crippen LogP contribution in [-0.4, -0.2) is 48.2 Å². The number of halogens is 1. The number of nitrogens with two attached hydrogens (primary N) is 1. The lowest BCUT2D eigenvalue weighted by atomic mass is 10.1. The van der Waals surface area contributed by atoms with E-state index in [9.17, 15) is 14.4 Å². The van der Waals surface area contributed by atoms with Gasteiger partial charge in [-0.2, -0.15) is 0 Å². The SMILES string of the molecule is CC.CN(CC(N)=O)C(=O)CCc1c[nH]c2ccc(Cl)cc12.CNC(C)=O. The van der Waals surface area contributed by atoms with Gasteiger partial charge in [-0.3, -0.25) is 14.4 Å². The number of hydrogen-bond acceptors (Lipinski definition) is 3. The number of aromatic amines is 1. The molecular weight excluding hydrogens is 368 g/mol. The second kappa shape index (κ2) is 12.8. The maximum absolute atomic E-state index is 11.9. The van der Waals surface area contributed by atoms with E-state index in [-0.39, 0.29) is 18.4 Å². The number of nitrogens with one attached hydrogen (secondary N) is 2. The monoisotopic (exact) mass is 396 g/mol. The Morgan fingerprint density at radius 1 is 1.26 bits per heavy atom. The standard InChI is InChI=1S/C14H16ClN3O2.C3H7NO.C2H6/c1-18(8-13(16)19)14(20)5-2-9-7-17-12-4-3-10(15)6-11(9)12;1-3(5)4-2;1-2/h3-4,6-7,17H,2,5,8H2,1H3,(H2,16,19);1-2H3,(H,4,5);1-2H3. The molecule has 0 unspecified atom stereocenters. The Morgan fingerprint density at radius 3 is 2.37 bits per heavy atom. The zero-order valence-electron chi connectivity index (χ0n) is 16.6. The molecule has 0 radical (unpaired) electrons. The van der Waals surface area contributed by atoms with E-state index in [2.05, 4.69) is 10.3 Å². The lowest BCUT2D eigenvalue weighted by Crippen LogP contribution is -2.35. The van der Waals surface area contributed by atoms with Gasteiger partial charge in [0.15, 0.2) is 0 Å². The third-order valence-electron chi connectivity index (χ3n) is 3.51. The van der Waals surface area contributed by atoms with E-state index in [1.54, 1.807) is 14.1 Å². The van der Waals surface area contributed by atoms with Crippen molar-refractivity contribution in [2.45, 2.75) is 33.6 Å². The number of carbonyl (C=O) groups is 3. The molecule has 1 aromatic carbocycles. The Bertz CT molecular complexity index is 758. The molecule has 0 saturated heterocycles. The van der Waals surface area contributed by atoms with Crippen LogP contribution in [0, 0.1) is 0 Å². The zero-order valence-corrected chi connectivity index (χ0v) is 17.3. The molecule has 7 nitrogen and oxygen atoms in total. The van der Waals surface area contributed by atoms with Crippen molar-refractivity contribution in [3.63, 3.8) is 0 Å². The van der Waals surface area contributed by atoms with Gasteiger partial charge >= 0.3 is 0 Å². The van der Waals surface area contributed by atoms with Crippen molar-refractivity contribution in [1.82, 2.24) is 15.2 Å². The van der Waals surface area contributed by atoms with E-state index in [4.69, 9.17) is 17.3 Å².